The summed E-state index contributed by atoms with van der Waals surface area (Å²) in [6.07, 6.45) is 2.20. The van der Waals surface area contributed by atoms with Crippen molar-refractivity contribution >= 4 is 15.1 Å². The Kier molecular flexibility index (Phi) is 6.76. The molecule has 0 fully saturated rings. The van der Waals surface area contributed by atoms with E-state index in [0.717, 1.165) is 12.5 Å². The molecule has 13 heavy (non-hydrogen) atoms. The summed E-state index contributed by atoms with van der Waals surface area (Å²) >= 11 is 0. The van der Waals surface area contributed by atoms with Crippen molar-refractivity contribution in [2.45, 2.75) is 19.4 Å². The maximum atomic E-state index is 11.3. The second-order valence-corrected chi connectivity index (χ2v) is 5.12. The molecule has 0 aromatic rings. The molecule has 4 heteroatoms. The quantitative estimate of drug-likeness (QED) is 0.461. The summed E-state index contributed by atoms with van der Waals surface area (Å²) in [5.41, 5.74) is 0. The summed E-state index contributed by atoms with van der Waals surface area (Å²) in [4.78, 5) is 11.3. The van der Waals surface area contributed by atoms with Gasteiger partial charge in [0.2, 0.25) is 0 Å². The summed E-state index contributed by atoms with van der Waals surface area (Å²) in [7, 11) is 1.65. The van der Waals surface area contributed by atoms with Crippen LogP contribution in [0, 0.1) is 5.92 Å². The van der Waals surface area contributed by atoms with Gasteiger partial charge in [-0.05, 0) is 18.5 Å². The van der Waals surface area contributed by atoms with E-state index in [-0.39, 0.29) is 11.7 Å². The lowest BCUT2D eigenvalue weighted by Crippen LogP contribution is -2.25. The molecule has 1 unspecified atom stereocenters. The molecular formula is C9H18O3Si. The molecule has 0 N–H and O–H groups in total. The van der Waals surface area contributed by atoms with Gasteiger partial charge in [0.15, 0.2) is 5.78 Å². The van der Waals surface area contributed by atoms with E-state index < -0.39 is 9.28 Å². The van der Waals surface area contributed by atoms with Crippen LogP contribution in [0.4, 0.5) is 0 Å². The number of hydrogen-bond donors (Lipinski definition) is 0. The van der Waals surface area contributed by atoms with E-state index in [4.69, 9.17) is 8.85 Å². The van der Waals surface area contributed by atoms with Gasteiger partial charge >= 0.3 is 9.28 Å². The normalized spacial score (nSPS) is 12.9. The topological polar surface area (TPSA) is 35.5 Å². The lowest BCUT2D eigenvalue weighted by atomic mass is 10.0. The molecule has 0 spiro atoms. The van der Waals surface area contributed by atoms with Crippen molar-refractivity contribution < 1.29 is 13.6 Å². The predicted molar refractivity (Wildman–Crippen MR) is 55.0 cm³/mol. The molecule has 0 aliphatic heterocycles. The molecule has 0 amide bonds. The van der Waals surface area contributed by atoms with Crippen molar-refractivity contribution in [1.82, 2.24) is 0 Å². The lowest BCUT2D eigenvalue weighted by molar-refractivity contribution is -0.117. The Balaban J connectivity index is 4.09. The Hall–Kier alpha value is -0.453. The molecule has 1 atom stereocenters. The van der Waals surface area contributed by atoms with Crippen LogP contribution in [0.15, 0.2) is 12.7 Å². The van der Waals surface area contributed by atoms with E-state index in [1.54, 1.807) is 14.2 Å². The van der Waals surface area contributed by atoms with E-state index in [1.165, 1.54) is 6.08 Å². The summed E-state index contributed by atoms with van der Waals surface area (Å²) in [5.74, 6) is 0.114. The predicted octanol–water partition coefficient (Wildman–Crippen LogP) is 1.28. The Morgan fingerprint density at radius 1 is 1.54 bits per heavy atom. The van der Waals surface area contributed by atoms with Crippen molar-refractivity contribution in [2.24, 2.45) is 5.92 Å². The van der Waals surface area contributed by atoms with Gasteiger partial charge in [0.25, 0.3) is 0 Å². The van der Waals surface area contributed by atoms with Crippen LogP contribution in [0.2, 0.25) is 6.04 Å². The maximum absolute atomic E-state index is 11.3. The summed E-state index contributed by atoms with van der Waals surface area (Å²) in [6.45, 7) is 5.46. The number of hydrogen-bond acceptors (Lipinski definition) is 3. The van der Waals surface area contributed by atoms with E-state index in [1.807, 2.05) is 6.92 Å². The highest BCUT2D eigenvalue weighted by molar-refractivity contribution is 6.44. The van der Waals surface area contributed by atoms with Crippen LogP contribution in [0.25, 0.3) is 0 Å². The van der Waals surface area contributed by atoms with Gasteiger partial charge < -0.3 is 8.85 Å². The van der Waals surface area contributed by atoms with E-state index in [9.17, 15) is 4.79 Å². The largest absolute Gasteiger partial charge is 0.400 e. The van der Waals surface area contributed by atoms with Crippen LogP contribution >= 0.6 is 0 Å². The monoisotopic (exact) mass is 202 g/mol. The molecule has 0 saturated heterocycles. The van der Waals surface area contributed by atoms with E-state index in [0.29, 0.717) is 0 Å². The van der Waals surface area contributed by atoms with Crippen LogP contribution in [-0.4, -0.2) is 29.3 Å². The van der Waals surface area contributed by atoms with E-state index >= 15 is 0 Å². The zero-order valence-corrected chi connectivity index (χ0v) is 9.73. The summed E-state index contributed by atoms with van der Waals surface area (Å²) in [6, 6.07) is 0.731. The van der Waals surface area contributed by atoms with Crippen molar-refractivity contribution in [3.05, 3.63) is 12.7 Å². The average Bonchev–Trinajstić information content (AvgIpc) is 2.19. The molecule has 0 aromatic carbocycles. The van der Waals surface area contributed by atoms with Crippen molar-refractivity contribution in [1.29, 1.82) is 0 Å². The van der Waals surface area contributed by atoms with Crippen LogP contribution in [-0.2, 0) is 13.6 Å². The number of carbonyl (C=O) groups excluding carboxylic acids is 1. The summed E-state index contributed by atoms with van der Waals surface area (Å²) in [5, 5.41) is 0. The molecule has 0 aliphatic rings. The number of ketones is 1. The third-order valence-electron chi connectivity index (χ3n) is 2.10. The zero-order valence-electron chi connectivity index (χ0n) is 8.58. The second-order valence-electron chi connectivity index (χ2n) is 2.85. The first-order valence-electron chi connectivity index (χ1n) is 4.41. The van der Waals surface area contributed by atoms with Crippen LogP contribution in [0.3, 0.4) is 0 Å². The first-order valence-corrected chi connectivity index (χ1v) is 6.17. The van der Waals surface area contributed by atoms with Gasteiger partial charge in [-0.1, -0.05) is 13.5 Å². The molecular weight excluding hydrogens is 184 g/mol. The Morgan fingerprint density at radius 2 is 2.08 bits per heavy atom. The fraction of sp³-hybridized carbons (Fsp3) is 0.667. The molecule has 0 rings (SSSR count). The second kappa shape index (κ2) is 7.00. The average molecular weight is 202 g/mol. The molecule has 3 nitrogen and oxygen atoms in total. The van der Waals surface area contributed by atoms with Crippen LogP contribution in [0.5, 0.6) is 0 Å². The van der Waals surface area contributed by atoms with Gasteiger partial charge in [0.05, 0.1) is 0 Å². The van der Waals surface area contributed by atoms with Crippen LogP contribution in [0.1, 0.15) is 13.3 Å². The highest BCUT2D eigenvalue weighted by Crippen LogP contribution is 2.14. The Labute approximate surface area is 81.6 Å². The molecule has 0 aliphatic carbocycles. The molecule has 0 heterocycles. The van der Waals surface area contributed by atoms with Crippen molar-refractivity contribution in [3.63, 3.8) is 0 Å². The highest BCUT2D eigenvalue weighted by Gasteiger charge is 2.21. The molecule has 0 bridgehead atoms. The first-order chi connectivity index (χ1) is 6.19. The molecule has 76 valence electrons. The van der Waals surface area contributed by atoms with Crippen molar-refractivity contribution in [2.75, 3.05) is 14.2 Å². The standard InChI is InChI=1S/C9H18O3Si/c1-5-8(9(10)6-2)7-13(11-3)12-4/h6,8,13H,2,5,7H2,1,3-4H3. The SMILES string of the molecule is C=CC(=O)C(CC)C[SiH](OC)OC. The van der Waals surface area contributed by atoms with Gasteiger partial charge in [0, 0.05) is 20.1 Å². The first kappa shape index (κ1) is 12.5. The molecule has 0 aromatic heterocycles. The minimum Gasteiger partial charge on any atom is -0.400 e. The molecule has 0 radical (unpaired) electrons. The zero-order chi connectivity index (χ0) is 10.3. The number of carbonyl (C=O) groups is 1. The third kappa shape index (κ3) is 4.35. The van der Waals surface area contributed by atoms with Crippen LogP contribution < -0.4 is 0 Å². The Morgan fingerprint density at radius 3 is 2.38 bits per heavy atom. The lowest BCUT2D eigenvalue weighted by Gasteiger charge is -2.16. The van der Waals surface area contributed by atoms with E-state index in [2.05, 4.69) is 6.58 Å². The van der Waals surface area contributed by atoms with Gasteiger partial charge in [-0.2, -0.15) is 0 Å². The van der Waals surface area contributed by atoms with Gasteiger partial charge in [-0.3, -0.25) is 4.79 Å². The Bertz CT molecular complexity index is 166. The van der Waals surface area contributed by atoms with Crippen molar-refractivity contribution in [3.8, 4) is 0 Å². The van der Waals surface area contributed by atoms with Gasteiger partial charge in [-0.15, -0.1) is 0 Å². The number of rotatable bonds is 7. The highest BCUT2D eigenvalue weighted by atomic mass is 28.3. The fourth-order valence-corrected chi connectivity index (χ4v) is 2.78. The number of allylic oxidation sites excluding steroid dienone is 1. The van der Waals surface area contributed by atoms with Gasteiger partial charge in [-0.25, -0.2) is 0 Å². The smallest absolute Gasteiger partial charge is 0.321 e. The maximum Gasteiger partial charge on any atom is 0.321 e. The fourth-order valence-electron chi connectivity index (χ4n) is 1.17. The third-order valence-corrected chi connectivity index (χ3v) is 4.10. The minimum absolute atomic E-state index is 0.0223. The molecule has 0 saturated carbocycles. The summed E-state index contributed by atoms with van der Waals surface area (Å²) < 4.78 is 10.3. The van der Waals surface area contributed by atoms with Gasteiger partial charge in [0.1, 0.15) is 0 Å². The minimum atomic E-state index is -1.61.